The largest absolute Gasteiger partial charge is 0.497 e. The van der Waals surface area contributed by atoms with Crippen LogP contribution in [-0.2, 0) is 7.05 Å². The van der Waals surface area contributed by atoms with E-state index in [0.29, 0.717) is 48.4 Å². The van der Waals surface area contributed by atoms with E-state index < -0.39 is 5.69 Å². The first kappa shape index (κ1) is 22.6. The molecule has 4 aromatic rings. The van der Waals surface area contributed by atoms with Crippen molar-refractivity contribution in [3.63, 3.8) is 0 Å². The minimum atomic E-state index is -0.434. The molecule has 3 heterocycles. The Morgan fingerprint density at radius 2 is 1.80 bits per heavy atom. The fourth-order valence-corrected chi connectivity index (χ4v) is 4.36. The fraction of sp³-hybridized carbons (Fsp3) is 0.308. The van der Waals surface area contributed by atoms with E-state index in [1.807, 2.05) is 54.6 Å². The van der Waals surface area contributed by atoms with Crippen LogP contribution in [-0.4, -0.2) is 56.8 Å². The summed E-state index contributed by atoms with van der Waals surface area (Å²) in [6.45, 7) is 1.74. The zero-order valence-electron chi connectivity index (χ0n) is 19.8. The van der Waals surface area contributed by atoms with Gasteiger partial charge in [-0.05, 0) is 43.0 Å². The van der Waals surface area contributed by atoms with Crippen molar-refractivity contribution in [3.05, 3.63) is 71.3 Å². The molecule has 0 spiro atoms. The zero-order valence-corrected chi connectivity index (χ0v) is 19.8. The molecule has 5 rings (SSSR count). The van der Waals surface area contributed by atoms with Crippen LogP contribution < -0.4 is 15.2 Å². The number of amides is 1. The molecule has 1 saturated heterocycles. The van der Waals surface area contributed by atoms with Gasteiger partial charge in [-0.3, -0.25) is 4.57 Å². The first-order valence-corrected chi connectivity index (χ1v) is 11.6. The number of methoxy groups -OCH3 is 1. The standard InChI is InChI=1S/C26H27N5O4/c1-29-24-22(16-27-23(28-24)19-7-6-10-21(15-19)34-2)31(25(29)32)26(33)30-13-11-18(12-14-30)17-35-20-8-4-3-5-9-20/h3-10,15-16,18H,11-14,17H2,1-2H3. The molecule has 0 unspecified atom stereocenters. The van der Waals surface area contributed by atoms with Crippen molar-refractivity contribution in [1.82, 2.24) is 24.0 Å². The highest BCUT2D eigenvalue weighted by atomic mass is 16.5. The number of likely N-dealkylation sites (tertiary alicyclic amines) is 1. The second kappa shape index (κ2) is 9.61. The molecule has 0 aliphatic carbocycles. The number of imidazole rings is 1. The lowest BCUT2D eigenvalue weighted by atomic mass is 9.98. The van der Waals surface area contributed by atoms with E-state index in [2.05, 4.69) is 9.97 Å². The maximum absolute atomic E-state index is 13.3. The van der Waals surface area contributed by atoms with Crippen LogP contribution >= 0.6 is 0 Å². The molecule has 0 atom stereocenters. The van der Waals surface area contributed by atoms with Crippen LogP contribution in [0.15, 0.2) is 65.6 Å². The number of aryl methyl sites for hydroxylation is 1. The minimum Gasteiger partial charge on any atom is -0.497 e. The van der Waals surface area contributed by atoms with Gasteiger partial charge >= 0.3 is 11.7 Å². The summed E-state index contributed by atoms with van der Waals surface area (Å²) < 4.78 is 13.7. The number of benzene rings is 2. The molecule has 9 heteroatoms. The monoisotopic (exact) mass is 473 g/mol. The number of rotatable bonds is 5. The average Bonchev–Trinajstić information content (AvgIpc) is 3.17. The number of fused-ring (bicyclic) bond motifs is 1. The van der Waals surface area contributed by atoms with Gasteiger partial charge < -0.3 is 14.4 Å². The van der Waals surface area contributed by atoms with Crippen LogP contribution in [0, 0.1) is 5.92 Å². The van der Waals surface area contributed by atoms with E-state index in [1.54, 1.807) is 19.1 Å². The lowest BCUT2D eigenvalue weighted by Crippen LogP contribution is -2.44. The lowest BCUT2D eigenvalue weighted by Gasteiger charge is -2.31. The number of piperidine rings is 1. The number of aromatic nitrogens is 4. The molecule has 1 aliphatic heterocycles. The number of hydrogen-bond donors (Lipinski definition) is 0. The van der Waals surface area contributed by atoms with Gasteiger partial charge in [0.25, 0.3) is 0 Å². The Morgan fingerprint density at radius 1 is 1.06 bits per heavy atom. The predicted molar refractivity (Wildman–Crippen MR) is 132 cm³/mol. The maximum Gasteiger partial charge on any atom is 0.338 e. The Kier molecular flexibility index (Phi) is 6.22. The molecule has 2 aromatic heterocycles. The summed E-state index contributed by atoms with van der Waals surface area (Å²) in [5, 5.41) is 0. The molecule has 1 fully saturated rings. The number of carbonyl (C=O) groups is 1. The molecular formula is C26H27N5O4. The van der Waals surface area contributed by atoms with Gasteiger partial charge in [-0.1, -0.05) is 30.3 Å². The highest BCUT2D eigenvalue weighted by Gasteiger charge is 2.28. The predicted octanol–water partition coefficient (Wildman–Crippen LogP) is 3.56. The van der Waals surface area contributed by atoms with Crippen LogP contribution in [0.5, 0.6) is 11.5 Å². The Balaban J connectivity index is 1.33. The van der Waals surface area contributed by atoms with E-state index in [1.165, 1.54) is 15.3 Å². The Hall–Kier alpha value is -4.14. The second-order valence-corrected chi connectivity index (χ2v) is 8.65. The third-order valence-corrected chi connectivity index (χ3v) is 6.42. The smallest absolute Gasteiger partial charge is 0.338 e. The molecule has 35 heavy (non-hydrogen) atoms. The summed E-state index contributed by atoms with van der Waals surface area (Å²) in [5.41, 5.74) is 1.13. The van der Waals surface area contributed by atoms with Crippen LogP contribution in [0.25, 0.3) is 22.6 Å². The lowest BCUT2D eigenvalue weighted by molar-refractivity contribution is 0.146. The van der Waals surface area contributed by atoms with Crippen LogP contribution in [0.1, 0.15) is 12.8 Å². The molecule has 9 nitrogen and oxygen atoms in total. The Morgan fingerprint density at radius 3 is 2.54 bits per heavy atom. The van der Waals surface area contributed by atoms with Crippen molar-refractivity contribution in [3.8, 4) is 22.9 Å². The molecule has 0 N–H and O–H groups in total. The molecule has 0 radical (unpaired) electrons. The van der Waals surface area contributed by atoms with Crippen molar-refractivity contribution in [1.29, 1.82) is 0 Å². The van der Waals surface area contributed by atoms with Crippen molar-refractivity contribution in [2.45, 2.75) is 12.8 Å². The highest BCUT2D eigenvalue weighted by Crippen LogP contribution is 2.24. The number of ether oxygens (including phenoxy) is 2. The Bertz CT molecular complexity index is 1400. The third-order valence-electron chi connectivity index (χ3n) is 6.42. The van der Waals surface area contributed by atoms with E-state index in [0.717, 1.165) is 24.2 Å². The third kappa shape index (κ3) is 4.49. The summed E-state index contributed by atoms with van der Waals surface area (Å²) in [4.78, 5) is 37.1. The maximum atomic E-state index is 13.3. The zero-order chi connectivity index (χ0) is 24.4. The van der Waals surface area contributed by atoms with Crippen molar-refractivity contribution >= 4 is 17.2 Å². The summed E-state index contributed by atoms with van der Waals surface area (Å²) >= 11 is 0. The van der Waals surface area contributed by atoms with Gasteiger partial charge in [0.2, 0.25) is 0 Å². The quantitative estimate of drug-likeness (QED) is 0.440. The van der Waals surface area contributed by atoms with E-state index >= 15 is 0 Å². The molecule has 1 aliphatic rings. The van der Waals surface area contributed by atoms with Gasteiger partial charge in [-0.15, -0.1) is 0 Å². The summed E-state index contributed by atoms with van der Waals surface area (Å²) in [6.07, 6.45) is 3.17. The molecule has 180 valence electrons. The molecule has 1 amide bonds. The van der Waals surface area contributed by atoms with Crippen molar-refractivity contribution < 1.29 is 14.3 Å². The first-order chi connectivity index (χ1) is 17.0. The van der Waals surface area contributed by atoms with E-state index in [9.17, 15) is 9.59 Å². The molecule has 0 bridgehead atoms. The van der Waals surface area contributed by atoms with Crippen LogP contribution in [0.3, 0.4) is 0 Å². The summed E-state index contributed by atoms with van der Waals surface area (Å²) in [5.74, 6) is 2.35. The van der Waals surface area contributed by atoms with Gasteiger partial charge in [0.1, 0.15) is 17.0 Å². The van der Waals surface area contributed by atoms with Crippen LogP contribution in [0.4, 0.5) is 4.79 Å². The Labute approximate surface area is 202 Å². The molecule has 2 aromatic carbocycles. The minimum absolute atomic E-state index is 0.347. The normalized spacial score (nSPS) is 14.3. The van der Waals surface area contributed by atoms with Gasteiger partial charge in [0.05, 0.1) is 19.9 Å². The number of carbonyl (C=O) groups excluding carboxylic acids is 1. The van der Waals surface area contributed by atoms with E-state index in [-0.39, 0.29) is 6.03 Å². The topological polar surface area (TPSA) is 91.5 Å². The first-order valence-electron chi connectivity index (χ1n) is 11.6. The SMILES string of the molecule is COc1cccc(-c2ncc3c(n2)n(C)c(=O)n3C(=O)N2CCC(COc3ccccc3)CC2)c1. The van der Waals surface area contributed by atoms with E-state index in [4.69, 9.17) is 9.47 Å². The van der Waals surface area contributed by atoms with Crippen LogP contribution in [0.2, 0.25) is 0 Å². The van der Waals surface area contributed by atoms with Crippen molar-refractivity contribution in [2.24, 2.45) is 13.0 Å². The van der Waals surface area contributed by atoms with Gasteiger partial charge in [0.15, 0.2) is 11.5 Å². The molecule has 0 saturated carbocycles. The number of nitrogens with zero attached hydrogens (tertiary/aromatic N) is 5. The number of para-hydroxylation sites is 1. The van der Waals surface area contributed by atoms with Crippen molar-refractivity contribution in [2.75, 3.05) is 26.8 Å². The fourth-order valence-electron chi connectivity index (χ4n) is 4.36. The molecular weight excluding hydrogens is 446 g/mol. The van der Waals surface area contributed by atoms with Gasteiger partial charge in [0, 0.05) is 25.7 Å². The summed E-state index contributed by atoms with van der Waals surface area (Å²) in [7, 11) is 3.21. The average molecular weight is 474 g/mol. The number of hydrogen-bond acceptors (Lipinski definition) is 6. The van der Waals surface area contributed by atoms with Gasteiger partial charge in [-0.2, -0.15) is 0 Å². The second-order valence-electron chi connectivity index (χ2n) is 8.65. The van der Waals surface area contributed by atoms with Gasteiger partial charge in [-0.25, -0.2) is 24.1 Å². The highest BCUT2D eigenvalue weighted by molar-refractivity contribution is 5.88. The summed E-state index contributed by atoms with van der Waals surface area (Å²) in [6, 6.07) is 16.8.